The maximum Gasteiger partial charge on any atom is 0.320 e. The van der Waals surface area contributed by atoms with Gasteiger partial charge in [0.1, 0.15) is 30.8 Å². The maximum atomic E-state index is 13.1. The zero-order valence-corrected chi connectivity index (χ0v) is 18.4. The lowest BCUT2D eigenvalue weighted by atomic mass is 10.1. The van der Waals surface area contributed by atoms with E-state index in [1.54, 1.807) is 42.5 Å². The molecule has 3 aromatic carbocycles. The molecule has 0 bridgehead atoms. The number of hydrogen-bond donors (Lipinski definition) is 3. The molecular weight excluding hydrogens is 458 g/mol. The molecule has 1 atom stereocenters. The van der Waals surface area contributed by atoms with Crippen molar-refractivity contribution in [1.82, 2.24) is 0 Å². The van der Waals surface area contributed by atoms with Gasteiger partial charge < -0.3 is 26.0 Å². The molecule has 0 saturated heterocycles. The Morgan fingerprint density at radius 3 is 2.25 bits per heavy atom. The minimum absolute atomic E-state index is 0.0667. The molecule has 6 nitrogen and oxygen atoms in total. The summed E-state index contributed by atoms with van der Waals surface area (Å²) in [7, 11) is 0. The Hall–Kier alpha value is -3.00. The summed E-state index contributed by atoms with van der Waals surface area (Å²) in [5.74, 6) is -0.653. The van der Waals surface area contributed by atoms with Crippen molar-refractivity contribution in [2.45, 2.75) is 25.7 Å². The number of anilines is 1. The molecule has 0 aliphatic rings. The second kappa shape index (κ2) is 10.5. The summed E-state index contributed by atoms with van der Waals surface area (Å²) in [6.07, 6.45) is 0.0750. The normalized spacial score (nSPS) is 11.8. The Labute approximate surface area is 194 Å². The number of ether oxygens (including phenoxy) is 2. The number of nitrogens with two attached hydrogens (primary N) is 2. The number of carboxylic acid groups (broad SMARTS) is 1. The molecule has 0 aliphatic carbocycles. The Morgan fingerprint density at radius 2 is 1.62 bits per heavy atom. The fourth-order valence-electron chi connectivity index (χ4n) is 2.95. The first-order valence-electron chi connectivity index (χ1n) is 9.57. The first-order valence-corrected chi connectivity index (χ1v) is 10.3. The Balaban J connectivity index is 1.72. The monoisotopic (exact) mass is 478 g/mol. The molecule has 0 aromatic heterocycles. The summed E-state index contributed by atoms with van der Waals surface area (Å²) in [5.41, 5.74) is 14.0. The largest absolute Gasteiger partial charge is 0.488 e. The lowest BCUT2D eigenvalue weighted by Crippen LogP contribution is -2.32. The van der Waals surface area contributed by atoms with Crippen LogP contribution >= 0.6 is 23.2 Å². The van der Waals surface area contributed by atoms with Crippen LogP contribution in [0.1, 0.15) is 16.7 Å². The van der Waals surface area contributed by atoms with E-state index >= 15 is 0 Å². The molecule has 3 aromatic rings. The van der Waals surface area contributed by atoms with Crippen molar-refractivity contribution >= 4 is 34.9 Å². The highest BCUT2D eigenvalue weighted by molar-refractivity contribution is 6.37. The number of rotatable bonds is 9. The summed E-state index contributed by atoms with van der Waals surface area (Å²) in [6.45, 7) is 0.300. The SMILES string of the molecule is Nc1ccc(OCc2ccc(F)cc2)c(COc2c(Cl)cc(C[C@H](N)C(=O)O)cc2Cl)c1. The molecule has 0 spiro atoms. The average Bonchev–Trinajstić information content (AvgIpc) is 2.73. The summed E-state index contributed by atoms with van der Waals surface area (Å²) in [4.78, 5) is 11.0. The molecular formula is C23H21Cl2FN2O4. The topological polar surface area (TPSA) is 108 Å². The van der Waals surface area contributed by atoms with E-state index in [1.807, 2.05) is 0 Å². The zero-order chi connectivity index (χ0) is 23.3. The van der Waals surface area contributed by atoms with Gasteiger partial charge in [0, 0.05) is 11.3 Å². The van der Waals surface area contributed by atoms with E-state index in [1.165, 1.54) is 12.1 Å². The highest BCUT2D eigenvalue weighted by atomic mass is 35.5. The van der Waals surface area contributed by atoms with Crippen molar-refractivity contribution in [3.05, 3.63) is 87.2 Å². The number of aliphatic carboxylic acids is 1. The smallest absolute Gasteiger partial charge is 0.320 e. The predicted octanol–water partition coefficient (Wildman–Crippen LogP) is 4.83. The van der Waals surface area contributed by atoms with Crippen LogP contribution in [0, 0.1) is 5.82 Å². The van der Waals surface area contributed by atoms with Crippen molar-refractivity contribution in [2.24, 2.45) is 5.73 Å². The quantitative estimate of drug-likeness (QED) is 0.380. The minimum atomic E-state index is -1.12. The zero-order valence-electron chi connectivity index (χ0n) is 16.9. The number of carboxylic acids is 1. The standard InChI is InChI=1S/C23H21Cl2FN2O4/c24-18-7-14(9-20(28)23(29)30)8-19(25)22(18)32-12-15-10-17(27)5-6-21(15)31-11-13-1-3-16(26)4-2-13/h1-8,10,20H,9,11-12,27-28H2,(H,29,30)/t20-/m0/s1. The second-order valence-electron chi connectivity index (χ2n) is 7.11. The molecule has 0 unspecified atom stereocenters. The van der Waals surface area contributed by atoms with Crippen LogP contribution in [0.2, 0.25) is 10.0 Å². The van der Waals surface area contributed by atoms with Gasteiger partial charge in [0.25, 0.3) is 0 Å². The molecule has 0 fully saturated rings. The highest BCUT2D eigenvalue weighted by Gasteiger charge is 2.16. The molecule has 168 valence electrons. The van der Waals surface area contributed by atoms with E-state index in [9.17, 15) is 9.18 Å². The molecule has 32 heavy (non-hydrogen) atoms. The summed E-state index contributed by atoms with van der Waals surface area (Å²) in [6, 6.07) is 13.2. The maximum absolute atomic E-state index is 13.1. The van der Waals surface area contributed by atoms with E-state index in [4.69, 9.17) is 49.2 Å². The van der Waals surface area contributed by atoms with Crippen LogP contribution in [-0.4, -0.2) is 17.1 Å². The lowest BCUT2D eigenvalue weighted by Gasteiger charge is -2.16. The van der Waals surface area contributed by atoms with Gasteiger partial charge in [0.2, 0.25) is 0 Å². The van der Waals surface area contributed by atoms with Crippen LogP contribution in [0.5, 0.6) is 11.5 Å². The van der Waals surface area contributed by atoms with E-state index < -0.39 is 12.0 Å². The number of halogens is 3. The van der Waals surface area contributed by atoms with Gasteiger partial charge in [0.15, 0.2) is 5.75 Å². The van der Waals surface area contributed by atoms with E-state index in [-0.39, 0.29) is 41.2 Å². The number of nitrogen functional groups attached to an aromatic ring is 1. The van der Waals surface area contributed by atoms with Crippen molar-refractivity contribution < 1.29 is 23.8 Å². The van der Waals surface area contributed by atoms with Gasteiger partial charge in [-0.3, -0.25) is 4.79 Å². The average molecular weight is 479 g/mol. The Kier molecular flexibility index (Phi) is 7.80. The van der Waals surface area contributed by atoms with Crippen molar-refractivity contribution in [1.29, 1.82) is 0 Å². The second-order valence-corrected chi connectivity index (χ2v) is 7.92. The van der Waals surface area contributed by atoms with Crippen LogP contribution in [0.4, 0.5) is 10.1 Å². The van der Waals surface area contributed by atoms with E-state index in [0.29, 0.717) is 22.6 Å². The van der Waals surface area contributed by atoms with Gasteiger partial charge in [-0.25, -0.2) is 4.39 Å². The number of benzene rings is 3. The van der Waals surface area contributed by atoms with Crippen LogP contribution < -0.4 is 20.9 Å². The fourth-order valence-corrected chi connectivity index (χ4v) is 3.60. The fraction of sp³-hybridized carbons (Fsp3) is 0.174. The molecule has 0 radical (unpaired) electrons. The van der Waals surface area contributed by atoms with Crippen LogP contribution in [0.3, 0.4) is 0 Å². The number of hydrogen-bond acceptors (Lipinski definition) is 5. The molecule has 0 aliphatic heterocycles. The van der Waals surface area contributed by atoms with Crippen LogP contribution in [-0.2, 0) is 24.4 Å². The lowest BCUT2D eigenvalue weighted by molar-refractivity contribution is -0.138. The predicted molar refractivity (Wildman–Crippen MR) is 122 cm³/mol. The van der Waals surface area contributed by atoms with Gasteiger partial charge in [0.05, 0.1) is 10.0 Å². The summed E-state index contributed by atoms with van der Waals surface area (Å²) >= 11 is 12.6. The summed E-state index contributed by atoms with van der Waals surface area (Å²) in [5, 5.41) is 9.42. The molecule has 0 saturated carbocycles. The third kappa shape index (κ3) is 6.26. The van der Waals surface area contributed by atoms with Crippen molar-refractivity contribution in [3.8, 4) is 11.5 Å². The Morgan fingerprint density at radius 1 is 0.969 bits per heavy atom. The van der Waals surface area contributed by atoms with Gasteiger partial charge in [-0.2, -0.15) is 0 Å². The molecule has 9 heteroatoms. The van der Waals surface area contributed by atoms with Gasteiger partial charge in [-0.15, -0.1) is 0 Å². The van der Waals surface area contributed by atoms with E-state index in [0.717, 1.165) is 5.56 Å². The third-order valence-electron chi connectivity index (χ3n) is 4.60. The van der Waals surface area contributed by atoms with Crippen molar-refractivity contribution in [3.63, 3.8) is 0 Å². The first kappa shape index (κ1) is 23.7. The summed E-state index contributed by atoms with van der Waals surface area (Å²) < 4.78 is 24.8. The minimum Gasteiger partial charge on any atom is -0.488 e. The van der Waals surface area contributed by atoms with Crippen LogP contribution in [0.25, 0.3) is 0 Å². The molecule has 0 amide bonds. The Bertz CT molecular complexity index is 1090. The van der Waals surface area contributed by atoms with Gasteiger partial charge in [-0.05, 0) is 60.0 Å². The van der Waals surface area contributed by atoms with Crippen molar-refractivity contribution in [2.75, 3.05) is 5.73 Å². The van der Waals surface area contributed by atoms with E-state index in [2.05, 4.69) is 0 Å². The molecule has 5 N–H and O–H groups in total. The van der Waals surface area contributed by atoms with Crippen LogP contribution in [0.15, 0.2) is 54.6 Å². The van der Waals surface area contributed by atoms with Gasteiger partial charge >= 0.3 is 5.97 Å². The van der Waals surface area contributed by atoms with Gasteiger partial charge in [-0.1, -0.05) is 35.3 Å². The molecule has 0 heterocycles. The third-order valence-corrected chi connectivity index (χ3v) is 5.16. The first-order chi connectivity index (χ1) is 15.2. The molecule has 3 rings (SSSR count). The highest BCUT2D eigenvalue weighted by Crippen LogP contribution is 2.36. The number of carbonyl (C=O) groups is 1.